The first-order valence-electron chi connectivity index (χ1n) is 8.84. The van der Waals surface area contributed by atoms with Crippen LogP contribution in [0.15, 0.2) is 77.2 Å². The van der Waals surface area contributed by atoms with Crippen molar-refractivity contribution >= 4 is 38.2 Å². The largest absolute Gasteiger partial charge is 0.354 e. The zero-order valence-electron chi connectivity index (χ0n) is 14.8. The molecule has 28 heavy (non-hydrogen) atoms. The minimum Gasteiger partial charge on any atom is -0.354 e. The van der Waals surface area contributed by atoms with E-state index in [0.717, 1.165) is 22.2 Å². The van der Waals surface area contributed by atoms with Crippen LogP contribution in [0.2, 0.25) is 0 Å². The molecule has 3 aromatic heterocycles. The number of benzene rings is 2. The second-order valence-corrected chi connectivity index (χ2v) is 7.44. The number of nitrogens with one attached hydrogen (secondary N) is 1. The fraction of sp³-hybridized carbons (Fsp3) is 0.0455. The van der Waals surface area contributed by atoms with Crippen LogP contribution < -0.4 is 5.56 Å². The number of rotatable bonds is 4. The van der Waals surface area contributed by atoms with Gasteiger partial charge in [-0.25, -0.2) is 4.98 Å². The number of carbonyl (C=O) groups is 1. The summed E-state index contributed by atoms with van der Waals surface area (Å²) in [6, 6.07) is 19.3. The van der Waals surface area contributed by atoms with Crippen molar-refractivity contribution in [2.24, 2.45) is 0 Å². The van der Waals surface area contributed by atoms with Gasteiger partial charge in [0.1, 0.15) is 4.70 Å². The maximum absolute atomic E-state index is 13.3. The van der Waals surface area contributed by atoms with Crippen LogP contribution in [-0.2, 0) is 6.54 Å². The first-order valence-corrected chi connectivity index (χ1v) is 9.72. The van der Waals surface area contributed by atoms with Crippen molar-refractivity contribution in [1.82, 2.24) is 14.5 Å². The van der Waals surface area contributed by atoms with Crippen molar-refractivity contribution in [1.29, 1.82) is 0 Å². The van der Waals surface area contributed by atoms with Gasteiger partial charge >= 0.3 is 0 Å². The molecule has 2 aromatic carbocycles. The Morgan fingerprint density at radius 2 is 1.82 bits per heavy atom. The molecule has 0 amide bonds. The van der Waals surface area contributed by atoms with Gasteiger partial charge in [0, 0.05) is 10.9 Å². The second-order valence-electron chi connectivity index (χ2n) is 6.52. The third-order valence-corrected chi connectivity index (χ3v) is 5.69. The lowest BCUT2D eigenvalue weighted by Crippen LogP contribution is -2.24. The van der Waals surface area contributed by atoms with Gasteiger partial charge in [0.15, 0.2) is 5.78 Å². The molecule has 0 saturated heterocycles. The standard InChI is InChI=1S/C22H15N3O2S/c26-18(12-25-13-23-17-10-11-28-21(17)22(25)27)19-15-8-4-5-9-16(15)24-20(19)14-6-2-1-3-7-14/h1-11,13,24H,12H2. The summed E-state index contributed by atoms with van der Waals surface area (Å²) in [7, 11) is 0. The van der Waals surface area contributed by atoms with Gasteiger partial charge in [0.05, 0.1) is 29.6 Å². The molecule has 5 aromatic rings. The normalized spacial score (nSPS) is 11.3. The van der Waals surface area contributed by atoms with Crippen molar-refractivity contribution in [2.75, 3.05) is 0 Å². The van der Waals surface area contributed by atoms with Gasteiger partial charge in [0.25, 0.3) is 5.56 Å². The Labute approximate surface area is 163 Å². The Morgan fingerprint density at radius 1 is 1.04 bits per heavy atom. The van der Waals surface area contributed by atoms with Crippen LogP contribution in [0.4, 0.5) is 0 Å². The van der Waals surface area contributed by atoms with Crippen LogP contribution >= 0.6 is 11.3 Å². The van der Waals surface area contributed by atoms with Crippen molar-refractivity contribution in [3.63, 3.8) is 0 Å². The van der Waals surface area contributed by atoms with Crippen molar-refractivity contribution in [3.05, 3.63) is 88.3 Å². The molecule has 0 atom stereocenters. The molecule has 6 heteroatoms. The molecular formula is C22H15N3O2S. The minimum atomic E-state index is -0.186. The van der Waals surface area contributed by atoms with Gasteiger partial charge in [-0.3, -0.25) is 14.2 Å². The molecule has 136 valence electrons. The molecule has 0 aliphatic rings. The molecule has 0 spiro atoms. The fourth-order valence-electron chi connectivity index (χ4n) is 3.48. The number of para-hydroxylation sites is 1. The summed E-state index contributed by atoms with van der Waals surface area (Å²) in [5.41, 5.74) is 3.67. The van der Waals surface area contributed by atoms with Gasteiger partial charge < -0.3 is 4.98 Å². The molecule has 5 nitrogen and oxygen atoms in total. The third-order valence-electron chi connectivity index (χ3n) is 4.80. The van der Waals surface area contributed by atoms with Crippen LogP contribution in [0.3, 0.4) is 0 Å². The Bertz CT molecular complexity index is 1380. The first-order chi connectivity index (χ1) is 13.7. The summed E-state index contributed by atoms with van der Waals surface area (Å²) < 4.78 is 1.95. The lowest BCUT2D eigenvalue weighted by molar-refractivity contribution is 0.0973. The number of Topliss-reactive ketones (excluding diaryl/α,β-unsaturated/α-hetero) is 1. The zero-order valence-corrected chi connectivity index (χ0v) is 15.6. The highest BCUT2D eigenvalue weighted by molar-refractivity contribution is 7.17. The first kappa shape index (κ1) is 16.6. The lowest BCUT2D eigenvalue weighted by Gasteiger charge is -2.07. The van der Waals surface area contributed by atoms with Crippen molar-refractivity contribution in [3.8, 4) is 11.3 Å². The summed E-state index contributed by atoms with van der Waals surface area (Å²) in [4.78, 5) is 33.7. The van der Waals surface area contributed by atoms with E-state index in [-0.39, 0.29) is 17.9 Å². The van der Waals surface area contributed by atoms with Crippen LogP contribution in [0, 0.1) is 0 Å². The van der Waals surface area contributed by atoms with Gasteiger partial charge in [-0.05, 0) is 23.1 Å². The van der Waals surface area contributed by atoms with E-state index in [1.54, 1.807) is 6.07 Å². The highest BCUT2D eigenvalue weighted by Crippen LogP contribution is 2.31. The summed E-state index contributed by atoms with van der Waals surface area (Å²) in [6.07, 6.45) is 1.45. The quantitative estimate of drug-likeness (QED) is 0.464. The molecule has 5 rings (SSSR count). The molecule has 3 heterocycles. The number of hydrogen-bond donors (Lipinski definition) is 1. The summed E-state index contributed by atoms with van der Waals surface area (Å²) in [5, 5.41) is 2.68. The fourth-order valence-corrected chi connectivity index (χ4v) is 4.27. The average Bonchev–Trinajstić information content (AvgIpc) is 3.35. The van der Waals surface area contributed by atoms with Crippen LogP contribution in [-0.4, -0.2) is 20.3 Å². The van der Waals surface area contributed by atoms with E-state index in [2.05, 4.69) is 9.97 Å². The predicted molar refractivity (Wildman–Crippen MR) is 112 cm³/mol. The van der Waals surface area contributed by atoms with E-state index in [4.69, 9.17) is 0 Å². The topological polar surface area (TPSA) is 67.8 Å². The lowest BCUT2D eigenvalue weighted by atomic mass is 10.0. The van der Waals surface area contributed by atoms with Gasteiger partial charge in [-0.2, -0.15) is 0 Å². The second kappa shape index (κ2) is 6.58. The molecule has 0 bridgehead atoms. The Morgan fingerprint density at radius 3 is 2.68 bits per heavy atom. The number of aromatic amines is 1. The monoisotopic (exact) mass is 385 g/mol. The number of carbonyl (C=O) groups excluding carboxylic acids is 1. The van der Waals surface area contributed by atoms with E-state index in [1.807, 2.05) is 60.0 Å². The molecule has 0 radical (unpaired) electrons. The summed E-state index contributed by atoms with van der Waals surface area (Å²) >= 11 is 1.34. The molecule has 0 fully saturated rings. The van der Waals surface area contributed by atoms with Gasteiger partial charge in [0.2, 0.25) is 0 Å². The van der Waals surface area contributed by atoms with E-state index in [0.29, 0.717) is 15.8 Å². The summed E-state index contributed by atoms with van der Waals surface area (Å²) in [6.45, 7) is -0.0542. The van der Waals surface area contributed by atoms with Crippen LogP contribution in [0.5, 0.6) is 0 Å². The molecule has 0 saturated carbocycles. The molecule has 1 N–H and O–H groups in total. The number of H-pyrrole nitrogens is 1. The maximum atomic E-state index is 13.3. The van der Waals surface area contributed by atoms with Gasteiger partial charge in [-0.1, -0.05) is 48.5 Å². The van der Waals surface area contributed by atoms with E-state index in [1.165, 1.54) is 22.2 Å². The molecule has 0 aliphatic heterocycles. The predicted octanol–water partition coefficient (Wildman–Crippen LogP) is 4.49. The Hall–Kier alpha value is -3.51. The molecular weight excluding hydrogens is 370 g/mol. The van der Waals surface area contributed by atoms with E-state index >= 15 is 0 Å². The van der Waals surface area contributed by atoms with Crippen molar-refractivity contribution in [2.45, 2.75) is 6.54 Å². The Balaban J connectivity index is 1.64. The maximum Gasteiger partial charge on any atom is 0.271 e. The number of nitrogens with zero attached hydrogens (tertiary/aromatic N) is 2. The SMILES string of the molecule is O=C(Cn1cnc2ccsc2c1=O)c1c(-c2ccccc2)[nH]c2ccccc12. The minimum absolute atomic E-state index is 0.0542. The highest BCUT2D eigenvalue weighted by atomic mass is 32.1. The molecule has 0 unspecified atom stereocenters. The molecule has 0 aliphatic carbocycles. The van der Waals surface area contributed by atoms with Crippen LogP contribution in [0.1, 0.15) is 10.4 Å². The number of ketones is 1. The van der Waals surface area contributed by atoms with Crippen molar-refractivity contribution < 1.29 is 4.79 Å². The van der Waals surface area contributed by atoms with E-state index < -0.39 is 0 Å². The Kier molecular flexibility index (Phi) is 3.91. The number of thiophene rings is 1. The highest BCUT2D eigenvalue weighted by Gasteiger charge is 2.20. The number of aromatic nitrogens is 3. The number of hydrogen-bond acceptors (Lipinski definition) is 4. The van der Waals surface area contributed by atoms with Crippen LogP contribution in [0.25, 0.3) is 32.4 Å². The number of fused-ring (bicyclic) bond motifs is 2. The van der Waals surface area contributed by atoms with Gasteiger partial charge in [-0.15, -0.1) is 11.3 Å². The smallest absolute Gasteiger partial charge is 0.271 e. The summed E-state index contributed by atoms with van der Waals surface area (Å²) in [5.74, 6) is -0.129. The zero-order chi connectivity index (χ0) is 19.1. The third kappa shape index (κ3) is 2.66. The van der Waals surface area contributed by atoms with E-state index in [9.17, 15) is 9.59 Å². The average molecular weight is 385 g/mol.